The van der Waals surface area contributed by atoms with E-state index in [9.17, 15) is 4.79 Å². The average Bonchev–Trinajstić information content (AvgIpc) is 2.33. The lowest BCUT2D eigenvalue weighted by molar-refractivity contribution is 0.0303. The third-order valence-corrected chi connectivity index (χ3v) is 3.70. The van der Waals surface area contributed by atoms with Crippen LogP contribution in [0.3, 0.4) is 0 Å². The van der Waals surface area contributed by atoms with E-state index in [-0.39, 0.29) is 5.91 Å². The second kappa shape index (κ2) is 5.17. The molecule has 0 bridgehead atoms. The van der Waals surface area contributed by atoms with Crippen LogP contribution in [-0.2, 0) is 4.74 Å². The Morgan fingerprint density at radius 3 is 2.69 bits per heavy atom. The maximum absolute atomic E-state index is 12.1. The van der Waals surface area contributed by atoms with E-state index >= 15 is 0 Å². The van der Waals surface area contributed by atoms with E-state index in [1.807, 2.05) is 0 Å². The molecule has 1 fully saturated rings. The average molecular weight is 305 g/mol. The van der Waals surface area contributed by atoms with Crippen LogP contribution >= 0.6 is 27.5 Å². The summed E-state index contributed by atoms with van der Waals surface area (Å²) >= 11 is 9.25. The summed E-state index contributed by atoms with van der Waals surface area (Å²) in [6.45, 7) is 2.50. The van der Waals surface area contributed by atoms with Gasteiger partial charge < -0.3 is 9.64 Å². The monoisotopic (exact) mass is 303 g/mol. The van der Waals surface area contributed by atoms with Crippen molar-refractivity contribution < 1.29 is 9.53 Å². The van der Waals surface area contributed by atoms with Gasteiger partial charge in [-0.2, -0.15) is 0 Å². The van der Waals surface area contributed by atoms with E-state index in [0.717, 1.165) is 4.47 Å². The van der Waals surface area contributed by atoms with Crippen LogP contribution in [0.5, 0.6) is 0 Å². The molecule has 1 saturated heterocycles. The van der Waals surface area contributed by atoms with Gasteiger partial charge in [0.25, 0.3) is 5.91 Å². The van der Waals surface area contributed by atoms with Crippen LogP contribution < -0.4 is 0 Å². The molecule has 1 aliphatic rings. The maximum Gasteiger partial charge on any atom is 0.254 e. The summed E-state index contributed by atoms with van der Waals surface area (Å²) in [6, 6.07) is 5.24. The highest BCUT2D eigenvalue weighted by molar-refractivity contribution is 9.10. The Morgan fingerprint density at radius 2 is 2.06 bits per heavy atom. The highest BCUT2D eigenvalue weighted by atomic mass is 79.9. The van der Waals surface area contributed by atoms with Gasteiger partial charge in [0.1, 0.15) is 0 Å². The van der Waals surface area contributed by atoms with Gasteiger partial charge in [0, 0.05) is 23.1 Å². The van der Waals surface area contributed by atoms with Crippen LogP contribution in [-0.4, -0.2) is 37.1 Å². The predicted octanol–water partition coefficient (Wildman–Crippen LogP) is 2.57. The second-order valence-electron chi connectivity index (χ2n) is 3.53. The molecule has 1 heterocycles. The first-order valence-electron chi connectivity index (χ1n) is 5.00. The summed E-state index contributed by atoms with van der Waals surface area (Å²) in [6.07, 6.45) is 0. The Bertz CT molecular complexity index is 405. The first kappa shape index (κ1) is 11.9. The van der Waals surface area contributed by atoms with E-state index in [0.29, 0.717) is 36.9 Å². The molecule has 3 nitrogen and oxygen atoms in total. The number of morpholine rings is 1. The molecule has 16 heavy (non-hydrogen) atoms. The van der Waals surface area contributed by atoms with E-state index in [4.69, 9.17) is 16.3 Å². The van der Waals surface area contributed by atoms with Crippen molar-refractivity contribution in [1.82, 2.24) is 4.90 Å². The summed E-state index contributed by atoms with van der Waals surface area (Å²) in [7, 11) is 0. The van der Waals surface area contributed by atoms with Gasteiger partial charge in [-0.15, -0.1) is 0 Å². The van der Waals surface area contributed by atoms with Crippen LogP contribution in [0.4, 0.5) is 0 Å². The SMILES string of the molecule is O=C(c1ccc(Br)c(Cl)c1)N1CCOCC1. The molecule has 0 aliphatic carbocycles. The van der Waals surface area contributed by atoms with Crippen molar-refractivity contribution in [3.63, 3.8) is 0 Å². The Balaban J connectivity index is 2.16. The number of ether oxygens (including phenoxy) is 1. The summed E-state index contributed by atoms with van der Waals surface area (Å²) < 4.78 is 6.00. The number of halogens is 2. The number of carbonyl (C=O) groups is 1. The van der Waals surface area contributed by atoms with E-state index < -0.39 is 0 Å². The quantitative estimate of drug-likeness (QED) is 0.798. The molecule has 0 N–H and O–H groups in total. The lowest BCUT2D eigenvalue weighted by Gasteiger charge is -2.26. The van der Waals surface area contributed by atoms with Crippen molar-refractivity contribution in [1.29, 1.82) is 0 Å². The first-order valence-corrected chi connectivity index (χ1v) is 6.17. The van der Waals surface area contributed by atoms with Crippen LogP contribution in [0.25, 0.3) is 0 Å². The number of nitrogens with zero attached hydrogens (tertiary/aromatic N) is 1. The number of hydrogen-bond donors (Lipinski definition) is 0. The zero-order valence-electron chi connectivity index (χ0n) is 8.58. The van der Waals surface area contributed by atoms with Gasteiger partial charge in [0.05, 0.1) is 18.2 Å². The minimum absolute atomic E-state index is 0.0118. The Hall–Kier alpha value is -0.580. The van der Waals surface area contributed by atoms with Gasteiger partial charge in [-0.05, 0) is 34.1 Å². The van der Waals surface area contributed by atoms with Gasteiger partial charge in [0.15, 0.2) is 0 Å². The number of benzene rings is 1. The van der Waals surface area contributed by atoms with Gasteiger partial charge >= 0.3 is 0 Å². The summed E-state index contributed by atoms with van der Waals surface area (Å²) in [5.41, 5.74) is 0.620. The topological polar surface area (TPSA) is 29.5 Å². The number of amides is 1. The lowest BCUT2D eigenvalue weighted by atomic mass is 10.2. The number of rotatable bonds is 1. The molecule has 5 heteroatoms. The number of hydrogen-bond acceptors (Lipinski definition) is 2. The summed E-state index contributed by atoms with van der Waals surface area (Å²) in [4.78, 5) is 13.8. The molecule has 1 aliphatic heterocycles. The van der Waals surface area contributed by atoms with Gasteiger partial charge in [0.2, 0.25) is 0 Å². The van der Waals surface area contributed by atoms with Crippen molar-refractivity contribution >= 4 is 33.4 Å². The van der Waals surface area contributed by atoms with Gasteiger partial charge in [-0.1, -0.05) is 11.6 Å². The zero-order chi connectivity index (χ0) is 11.5. The molecule has 0 radical (unpaired) electrons. The molecule has 86 valence electrons. The van der Waals surface area contributed by atoms with Crippen molar-refractivity contribution in [3.8, 4) is 0 Å². The van der Waals surface area contributed by atoms with Crippen LogP contribution in [0.1, 0.15) is 10.4 Å². The highest BCUT2D eigenvalue weighted by Gasteiger charge is 2.18. The third kappa shape index (κ3) is 2.56. The minimum atomic E-state index is 0.0118. The molecule has 1 aromatic carbocycles. The molecule has 2 rings (SSSR count). The van der Waals surface area contributed by atoms with Crippen molar-refractivity contribution in [2.24, 2.45) is 0 Å². The minimum Gasteiger partial charge on any atom is -0.378 e. The standard InChI is InChI=1S/C11H11BrClNO2/c12-9-2-1-8(7-10(9)13)11(15)14-3-5-16-6-4-14/h1-2,7H,3-6H2. The van der Waals surface area contributed by atoms with Crippen LogP contribution in [0, 0.1) is 0 Å². The summed E-state index contributed by atoms with van der Waals surface area (Å²) in [5.74, 6) is 0.0118. The third-order valence-electron chi connectivity index (χ3n) is 2.46. The molecule has 1 amide bonds. The molecule has 0 aromatic heterocycles. The van der Waals surface area contributed by atoms with Crippen molar-refractivity contribution in [2.45, 2.75) is 0 Å². The molecule has 0 spiro atoms. The fourth-order valence-electron chi connectivity index (χ4n) is 1.58. The van der Waals surface area contributed by atoms with E-state index in [2.05, 4.69) is 15.9 Å². The Kier molecular flexibility index (Phi) is 3.84. The normalized spacial score (nSPS) is 16.2. The fourth-order valence-corrected chi connectivity index (χ4v) is 2.01. The molecule has 0 atom stereocenters. The van der Waals surface area contributed by atoms with Crippen LogP contribution in [0.2, 0.25) is 5.02 Å². The summed E-state index contributed by atoms with van der Waals surface area (Å²) in [5, 5.41) is 0.555. The smallest absolute Gasteiger partial charge is 0.254 e. The maximum atomic E-state index is 12.1. The second-order valence-corrected chi connectivity index (χ2v) is 4.79. The van der Waals surface area contributed by atoms with Gasteiger partial charge in [-0.25, -0.2) is 0 Å². The number of carbonyl (C=O) groups excluding carboxylic acids is 1. The molecule has 0 saturated carbocycles. The fraction of sp³-hybridized carbons (Fsp3) is 0.364. The lowest BCUT2D eigenvalue weighted by Crippen LogP contribution is -2.40. The zero-order valence-corrected chi connectivity index (χ0v) is 10.9. The molecule has 1 aromatic rings. The van der Waals surface area contributed by atoms with Gasteiger partial charge in [-0.3, -0.25) is 4.79 Å². The Morgan fingerprint density at radius 1 is 1.38 bits per heavy atom. The molecule has 0 unspecified atom stereocenters. The highest BCUT2D eigenvalue weighted by Crippen LogP contribution is 2.23. The van der Waals surface area contributed by atoms with Crippen molar-refractivity contribution in [3.05, 3.63) is 33.3 Å². The van der Waals surface area contributed by atoms with Crippen LogP contribution in [0.15, 0.2) is 22.7 Å². The molecular formula is C11H11BrClNO2. The van der Waals surface area contributed by atoms with E-state index in [1.165, 1.54) is 0 Å². The first-order chi connectivity index (χ1) is 7.68. The van der Waals surface area contributed by atoms with Crippen molar-refractivity contribution in [2.75, 3.05) is 26.3 Å². The predicted molar refractivity (Wildman–Crippen MR) is 65.9 cm³/mol. The Labute approximate surface area is 107 Å². The molecular weight excluding hydrogens is 293 g/mol. The van der Waals surface area contributed by atoms with E-state index in [1.54, 1.807) is 23.1 Å². The largest absolute Gasteiger partial charge is 0.378 e.